The molecule has 0 spiro atoms. The van der Waals surface area contributed by atoms with Gasteiger partial charge in [0.1, 0.15) is 5.82 Å². The molecule has 3 N–H and O–H groups in total. The van der Waals surface area contributed by atoms with E-state index in [4.69, 9.17) is 5.73 Å². The second-order valence-corrected chi connectivity index (χ2v) is 7.03. The molecule has 6 heteroatoms. The van der Waals surface area contributed by atoms with Crippen molar-refractivity contribution < 1.29 is 9.18 Å². The average molecular weight is 380 g/mol. The van der Waals surface area contributed by atoms with Crippen molar-refractivity contribution in [2.45, 2.75) is 32.9 Å². The third-order valence-electron chi connectivity index (χ3n) is 5.08. The number of halogens is 1. The zero-order valence-corrected chi connectivity index (χ0v) is 16.3. The molecule has 0 aliphatic heterocycles. The fraction of sp³-hybridized carbons (Fsp3) is 0.273. The Kier molecular flexibility index (Phi) is 5.90. The monoisotopic (exact) mass is 380 g/mol. The van der Waals surface area contributed by atoms with Crippen LogP contribution in [0.2, 0.25) is 0 Å². The van der Waals surface area contributed by atoms with Crippen molar-refractivity contribution in [3.8, 4) is 5.69 Å². The van der Waals surface area contributed by atoms with Crippen molar-refractivity contribution in [1.82, 2.24) is 15.1 Å². The largest absolute Gasteiger partial charge is 0.349 e. The van der Waals surface area contributed by atoms with E-state index < -0.39 is 0 Å². The van der Waals surface area contributed by atoms with Gasteiger partial charge in [-0.1, -0.05) is 37.3 Å². The standard InChI is InChI=1S/C22H25FN4O/c1-14(21(24)17-7-5-4-6-8-17)22(28)26-15(2)20-13-25-27(16(20)3)19-11-9-18(23)10-12-19/h4-15,21H,24H2,1-3H3,(H,26,28). The Hall–Kier alpha value is -2.99. The molecule has 5 nitrogen and oxygen atoms in total. The molecule has 0 bridgehead atoms. The highest BCUT2D eigenvalue weighted by Gasteiger charge is 2.24. The third kappa shape index (κ3) is 4.12. The number of rotatable bonds is 6. The van der Waals surface area contributed by atoms with E-state index in [0.717, 1.165) is 22.5 Å². The SMILES string of the molecule is Cc1c(C(C)NC(=O)C(C)C(N)c2ccccc2)cnn1-c1ccc(F)cc1. The summed E-state index contributed by atoms with van der Waals surface area (Å²) in [6.07, 6.45) is 1.73. The maximum Gasteiger partial charge on any atom is 0.225 e. The number of carbonyl (C=O) groups excluding carboxylic acids is 1. The van der Waals surface area contributed by atoms with Crippen molar-refractivity contribution in [3.63, 3.8) is 0 Å². The van der Waals surface area contributed by atoms with Gasteiger partial charge in [-0.05, 0) is 43.7 Å². The zero-order chi connectivity index (χ0) is 20.3. The lowest BCUT2D eigenvalue weighted by Gasteiger charge is -2.22. The second-order valence-electron chi connectivity index (χ2n) is 7.03. The number of hydrogen-bond donors (Lipinski definition) is 2. The van der Waals surface area contributed by atoms with Crippen LogP contribution in [0.5, 0.6) is 0 Å². The maximum atomic E-state index is 13.2. The third-order valence-corrected chi connectivity index (χ3v) is 5.08. The van der Waals surface area contributed by atoms with E-state index in [1.54, 1.807) is 23.0 Å². The van der Waals surface area contributed by atoms with E-state index in [9.17, 15) is 9.18 Å². The summed E-state index contributed by atoms with van der Waals surface area (Å²) in [5.41, 5.74) is 9.75. The summed E-state index contributed by atoms with van der Waals surface area (Å²) >= 11 is 0. The fourth-order valence-corrected chi connectivity index (χ4v) is 3.24. The van der Waals surface area contributed by atoms with Gasteiger partial charge in [0, 0.05) is 17.3 Å². The number of nitrogens with one attached hydrogen (secondary N) is 1. The lowest BCUT2D eigenvalue weighted by atomic mass is 9.94. The predicted octanol–water partition coefficient (Wildman–Crippen LogP) is 3.83. The molecule has 3 atom stereocenters. The molecule has 0 radical (unpaired) electrons. The Bertz CT molecular complexity index is 937. The Morgan fingerprint density at radius 2 is 1.75 bits per heavy atom. The first-order valence-corrected chi connectivity index (χ1v) is 9.30. The normalized spacial score (nSPS) is 14.3. The summed E-state index contributed by atoms with van der Waals surface area (Å²) in [6.45, 7) is 5.67. The highest BCUT2D eigenvalue weighted by molar-refractivity contribution is 5.79. The van der Waals surface area contributed by atoms with Gasteiger partial charge in [0.25, 0.3) is 0 Å². The minimum atomic E-state index is -0.378. The number of amides is 1. The van der Waals surface area contributed by atoms with Crippen LogP contribution in [-0.2, 0) is 4.79 Å². The lowest BCUT2D eigenvalue weighted by molar-refractivity contribution is -0.125. The first-order chi connectivity index (χ1) is 13.4. The van der Waals surface area contributed by atoms with E-state index in [1.165, 1.54) is 12.1 Å². The van der Waals surface area contributed by atoms with Gasteiger partial charge in [-0.2, -0.15) is 5.10 Å². The van der Waals surface area contributed by atoms with Crippen LogP contribution >= 0.6 is 0 Å². The van der Waals surface area contributed by atoms with Gasteiger partial charge in [-0.25, -0.2) is 9.07 Å². The van der Waals surface area contributed by atoms with Crippen LogP contribution < -0.4 is 11.1 Å². The number of aromatic nitrogens is 2. The predicted molar refractivity (Wildman–Crippen MR) is 107 cm³/mol. The molecular formula is C22H25FN4O. The van der Waals surface area contributed by atoms with E-state index in [0.29, 0.717) is 0 Å². The highest BCUT2D eigenvalue weighted by atomic mass is 19.1. The molecule has 3 rings (SSSR count). The fourth-order valence-electron chi connectivity index (χ4n) is 3.24. The van der Waals surface area contributed by atoms with Crippen LogP contribution in [0.1, 0.15) is 42.8 Å². The number of carbonyl (C=O) groups is 1. The first kappa shape index (κ1) is 19.8. The summed E-state index contributed by atoms with van der Waals surface area (Å²) in [4.78, 5) is 12.7. The summed E-state index contributed by atoms with van der Waals surface area (Å²) < 4.78 is 14.9. The molecular weight excluding hydrogens is 355 g/mol. The molecule has 1 heterocycles. The topological polar surface area (TPSA) is 72.9 Å². The Labute approximate surface area is 164 Å². The van der Waals surface area contributed by atoms with E-state index in [1.807, 2.05) is 51.1 Å². The quantitative estimate of drug-likeness (QED) is 0.683. The van der Waals surface area contributed by atoms with E-state index in [2.05, 4.69) is 10.4 Å². The molecule has 0 aliphatic carbocycles. The second kappa shape index (κ2) is 8.35. The van der Waals surface area contributed by atoms with Gasteiger partial charge in [0.2, 0.25) is 5.91 Å². The van der Waals surface area contributed by atoms with Crippen molar-refractivity contribution in [1.29, 1.82) is 0 Å². The molecule has 0 aliphatic rings. The number of nitrogens with zero attached hydrogens (tertiary/aromatic N) is 2. The molecule has 0 fully saturated rings. The van der Waals surface area contributed by atoms with Crippen LogP contribution in [0.3, 0.4) is 0 Å². The molecule has 1 amide bonds. The number of hydrogen-bond acceptors (Lipinski definition) is 3. The van der Waals surface area contributed by atoms with Gasteiger partial charge in [0.05, 0.1) is 23.8 Å². The van der Waals surface area contributed by atoms with Crippen LogP contribution in [0.4, 0.5) is 4.39 Å². The molecule has 3 unspecified atom stereocenters. The Balaban J connectivity index is 1.71. The molecule has 28 heavy (non-hydrogen) atoms. The van der Waals surface area contributed by atoms with E-state index in [-0.39, 0.29) is 29.7 Å². The van der Waals surface area contributed by atoms with E-state index >= 15 is 0 Å². The maximum absolute atomic E-state index is 13.2. The smallest absolute Gasteiger partial charge is 0.225 e. The van der Waals surface area contributed by atoms with Crippen molar-refractivity contribution in [2.75, 3.05) is 0 Å². The minimum absolute atomic E-state index is 0.113. The van der Waals surface area contributed by atoms with Gasteiger partial charge >= 0.3 is 0 Å². The molecule has 2 aromatic carbocycles. The van der Waals surface area contributed by atoms with Crippen LogP contribution in [0, 0.1) is 18.7 Å². The van der Waals surface area contributed by atoms with Crippen LogP contribution in [-0.4, -0.2) is 15.7 Å². The van der Waals surface area contributed by atoms with Gasteiger partial charge in [-0.15, -0.1) is 0 Å². The number of nitrogens with two attached hydrogens (primary N) is 1. The van der Waals surface area contributed by atoms with Gasteiger partial charge < -0.3 is 11.1 Å². The Morgan fingerprint density at radius 3 is 2.39 bits per heavy atom. The minimum Gasteiger partial charge on any atom is -0.349 e. The van der Waals surface area contributed by atoms with Crippen molar-refractivity contribution in [2.24, 2.45) is 11.7 Å². The van der Waals surface area contributed by atoms with Crippen molar-refractivity contribution in [3.05, 3.63) is 83.4 Å². The summed E-state index contributed by atoms with van der Waals surface area (Å²) in [5.74, 6) is -0.784. The van der Waals surface area contributed by atoms with Crippen molar-refractivity contribution >= 4 is 5.91 Å². The van der Waals surface area contributed by atoms with Crippen LogP contribution in [0.25, 0.3) is 5.69 Å². The summed E-state index contributed by atoms with van der Waals surface area (Å²) in [7, 11) is 0. The molecule has 0 saturated carbocycles. The van der Waals surface area contributed by atoms with Crippen LogP contribution in [0.15, 0.2) is 60.8 Å². The Morgan fingerprint density at radius 1 is 1.11 bits per heavy atom. The summed E-state index contributed by atoms with van der Waals surface area (Å²) in [5, 5.41) is 7.42. The number of benzene rings is 2. The zero-order valence-electron chi connectivity index (χ0n) is 16.3. The summed E-state index contributed by atoms with van der Waals surface area (Å²) in [6, 6.07) is 15.1. The van der Waals surface area contributed by atoms with Gasteiger partial charge in [-0.3, -0.25) is 4.79 Å². The lowest BCUT2D eigenvalue weighted by Crippen LogP contribution is -2.37. The average Bonchev–Trinajstić information content (AvgIpc) is 3.09. The highest BCUT2D eigenvalue weighted by Crippen LogP contribution is 2.23. The molecule has 146 valence electrons. The first-order valence-electron chi connectivity index (χ1n) is 9.30. The molecule has 1 aromatic heterocycles. The molecule has 0 saturated heterocycles. The van der Waals surface area contributed by atoms with Gasteiger partial charge in [0.15, 0.2) is 0 Å². The molecule has 3 aromatic rings.